The Labute approximate surface area is 149 Å². The lowest BCUT2D eigenvalue weighted by atomic mass is 10.1. The van der Waals surface area contributed by atoms with Crippen LogP contribution in [0.15, 0.2) is 77.9 Å². The molecule has 0 saturated carbocycles. The average Bonchev–Trinajstić information content (AvgIpc) is 2.67. The summed E-state index contributed by atoms with van der Waals surface area (Å²) in [6, 6.07) is 22.4. The molecule has 1 aromatic heterocycles. The summed E-state index contributed by atoms with van der Waals surface area (Å²) in [5.74, 6) is -0.980. The van der Waals surface area contributed by atoms with Crippen LogP contribution < -0.4 is 5.43 Å². The molecule has 5 nitrogen and oxygen atoms in total. The molecule has 1 heterocycles. The largest absolute Gasteiger partial charge is 0.478 e. The van der Waals surface area contributed by atoms with Gasteiger partial charge in [0, 0.05) is 16.3 Å². The van der Waals surface area contributed by atoms with Gasteiger partial charge in [-0.2, -0.15) is 5.10 Å². The highest BCUT2D eigenvalue weighted by Crippen LogP contribution is 2.30. The van der Waals surface area contributed by atoms with Crippen LogP contribution in [0.3, 0.4) is 0 Å². The van der Waals surface area contributed by atoms with Crippen molar-refractivity contribution >= 4 is 39.7 Å². The van der Waals surface area contributed by atoms with Crippen LogP contribution in [0.25, 0.3) is 21.8 Å². The monoisotopic (exact) mass is 341 g/mol. The Morgan fingerprint density at radius 3 is 2.12 bits per heavy atom. The molecule has 0 fully saturated rings. The molecule has 0 spiro atoms. The van der Waals surface area contributed by atoms with E-state index in [0.29, 0.717) is 5.56 Å². The Morgan fingerprint density at radius 1 is 0.885 bits per heavy atom. The molecule has 5 heteroatoms. The molecular formula is C21H15N3O2. The highest BCUT2D eigenvalue weighted by molar-refractivity contribution is 6.07. The average molecular weight is 341 g/mol. The Morgan fingerprint density at radius 2 is 1.46 bits per heavy atom. The third-order valence-electron chi connectivity index (χ3n) is 4.16. The maximum Gasteiger partial charge on any atom is 0.336 e. The van der Waals surface area contributed by atoms with E-state index in [9.17, 15) is 9.90 Å². The van der Waals surface area contributed by atoms with Gasteiger partial charge in [0.15, 0.2) is 0 Å². The number of pyridine rings is 1. The molecule has 0 saturated heterocycles. The topological polar surface area (TPSA) is 74.6 Å². The fourth-order valence-electron chi connectivity index (χ4n) is 2.93. The van der Waals surface area contributed by atoms with E-state index in [0.717, 1.165) is 27.5 Å². The molecule has 3 aromatic carbocycles. The fourth-order valence-corrected chi connectivity index (χ4v) is 2.93. The number of anilines is 1. The van der Waals surface area contributed by atoms with Crippen LogP contribution >= 0.6 is 0 Å². The van der Waals surface area contributed by atoms with Crippen molar-refractivity contribution in [2.45, 2.75) is 0 Å². The highest BCUT2D eigenvalue weighted by Gasteiger charge is 2.09. The zero-order chi connectivity index (χ0) is 17.9. The Hall–Kier alpha value is -3.73. The number of carboxylic acid groups (broad SMARTS) is 1. The smallest absolute Gasteiger partial charge is 0.336 e. The Kier molecular flexibility index (Phi) is 4.03. The van der Waals surface area contributed by atoms with Gasteiger partial charge in [-0.3, -0.25) is 5.43 Å². The van der Waals surface area contributed by atoms with Gasteiger partial charge in [-0.25, -0.2) is 9.78 Å². The molecule has 4 rings (SSSR count). The van der Waals surface area contributed by atoms with Gasteiger partial charge in [0.2, 0.25) is 0 Å². The minimum Gasteiger partial charge on any atom is -0.478 e. The Bertz CT molecular complexity index is 1100. The van der Waals surface area contributed by atoms with Gasteiger partial charge in [-0.05, 0) is 18.2 Å². The van der Waals surface area contributed by atoms with E-state index in [1.807, 2.05) is 48.5 Å². The number of fused-ring (bicyclic) bond motifs is 2. The molecule has 0 aliphatic rings. The number of hydrogen-bond donors (Lipinski definition) is 2. The molecule has 0 aliphatic carbocycles. The summed E-state index contributed by atoms with van der Waals surface area (Å²) < 4.78 is 0. The van der Waals surface area contributed by atoms with Crippen molar-refractivity contribution in [2.24, 2.45) is 5.10 Å². The van der Waals surface area contributed by atoms with Gasteiger partial charge < -0.3 is 5.11 Å². The fraction of sp³-hybridized carbons (Fsp3) is 0. The number of nitrogens with zero attached hydrogens (tertiary/aromatic N) is 2. The van der Waals surface area contributed by atoms with E-state index in [-0.39, 0.29) is 5.56 Å². The number of aromatic carboxylic acids is 1. The number of carboxylic acids is 1. The van der Waals surface area contributed by atoms with Crippen molar-refractivity contribution in [3.8, 4) is 0 Å². The van der Waals surface area contributed by atoms with Crippen molar-refractivity contribution < 1.29 is 9.90 Å². The SMILES string of the molecule is O=C(O)c1ccccc1/C=N/Nc1c2ccccc2nc2ccccc12. The van der Waals surface area contributed by atoms with Crippen LogP contribution in [-0.4, -0.2) is 22.3 Å². The molecule has 2 N–H and O–H groups in total. The number of rotatable bonds is 4. The van der Waals surface area contributed by atoms with Crippen LogP contribution in [-0.2, 0) is 0 Å². The molecule has 0 radical (unpaired) electrons. The second-order valence-corrected chi connectivity index (χ2v) is 5.78. The van der Waals surface area contributed by atoms with E-state index in [1.165, 1.54) is 6.21 Å². The predicted octanol–water partition coefficient (Wildman–Crippen LogP) is 4.53. The number of aromatic nitrogens is 1. The number of nitrogens with one attached hydrogen (secondary N) is 1. The van der Waals surface area contributed by atoms with E-state index in [4.69, 9.17) is 0 Å². The first-order valence-corrected chi connectivity index (χ1v) is 8.13. The molecule has 0 bridgehead atoms. The van der Waals surface area contributed by atoms with E-state index >= 15 is 0 Å². The summed E-state index contributed by atoms with van der Waals surface area (Å²) in [6.07, 6.45) is 1.52. The summed E-state index contributed by atoms with van der Waals surface area (Å²) in [7, 11) is 0. The number of benzene rings is 3. The number of hydrogen-bond acceptors (Lipinski definition) is 4. The van der Waals surface area contributed by atoms with Crippen molar-refractivity contribution in [3.05, 3.63) is 83.9 Å². The number of para-hydroxylation sites is 2. The molecule has 0 amide bonds. The first-order chi connectivity index (χ1) is 12.7. The quantitative estimate of drug-likeness (QED) is 0.325. The molecule has 0 unspecified atom stereocenters. The summed E-state index contributed by atoms with van der Waals surface area (Å²) >= 11 is 0. The van der Waals surface area contributed by atoms with Crippen molar-refractivity contribution in [1.82, 2.24) is 4.98 Å². The van der Waals surface area contributed by atoms with E-state index < -0.39 is 5.97 Å². The standard InChI is InChI=1S/C21H15N3O2/c25-21(26)15-8-2-1-7-14(15)13-22-24-20-16-9-3-5-11-18(16)23-19-12-6-4-10-17(19)20/h1-13H,(H,23,24)(H,25,26)/b22-13+. The summed E-state index contributed by atoms with van der Waals surface area (Å²) in [4.78, 5) is 16.0. The zero-order valence-corrected chi connectivity index (χ0v) is 13.8. The molecule has 0 aliphatic heterocycles. The summed E-state index contributed by atoms with van der Waals surface area (Å²) in [5, 5.41) is 15.5. The van der Waals surface area contributed by atoms with Gasteiger partial charge in [-0.15, -0.1) is 0 Å². The summed E-state index contributed by atoms with van der Waals surface area (Å²) in [5.41, 5.74) is 6.41. The first-order valence-electron chi connectivity index (χ1n) is 8.13. The number of hydrazone groups is 1. The normalized spacial score (nSPS) is 11.2. The second kappa shape index (κ2) is 6.64. The van der Waals surface area contributed by atoms with Crippen LogP contribution in [0.1, 0.15) is 15.9 Å². The molecule has 26 heavy (non-hydrogen) atoms. The minimum absolute atomic E-state index is 0.211. The summed E-state index contributed by atoms with van der Waals surface area (Å²) in [6.45, 7) is 0. The number of carbonyl (C=O) groups is 1. The van der Waals surface area contributed by atoms with E-state index in [1.54, 1.807) is 24.3 Å². The molecule has 126 valence electrons. The van der Waals surface area contributed by atoms with Crippen molar-refractivity contribution in [1.29, 1.82) is 0 Å². The second-order valence-electron chi connectivity index (χ2n) is 5.78. The van der Waals surface area contributed by atoms with Crippen LogP contribution in [0, 0.1) is 0 Å². The lowest BCUT2D eigenvalue weighted by molar-refractivity contribution is 0.0697. The van der Waals surface area contributed by atoms with Crippen molar-refractivity contribution in [3.63, 3.8) is 0 Å². The third kappa shape index (κ3) is 2.86. The lowest BCUT2D eigenvalue weighted by Crippen LogP contribution is -2.02. The molecular weight excluding hydrogens is 326 g/mol. The zero-order valence-electron chi connectivity index (χ0n) is 13.8. The van der Waals surface area contributed by atoms with Gasteiger partial charge in [0.25, 0.3) is 0 Å². The van der Waals surface area contributed by atoms with Gasteiger partial charge >= 0.3 is 5.97 Å². The van der Waals surface area contributed by atoms with Gasteiger partial charge in [0.05, 0.1) is 28.5 Å². The molecule has 4 aromatic rings. The van der Waals surface area contributed by atoms with Crippen LogP contribution in [0.5, 0.6) is 0 Å². The van der Waals surface area contributed by atoms with Crippen molar-refractivity contribution in [2.75, 3.05) is 5.43 Å². The highest BCUT2D eigenvalue weighted by atomic mass is 16.4. The third-order valence-corrected chi connectivity index (χ3v) is 4.16. The maximum absolute atomic E-state index is 11.3. The minimum atomic E-state index is -0.980. The maximum atomic E-state index is 11.3. The first kappa shape index (κ1) is 15.8. The lowest BCUT2D eigenvalue weighted by Gasteiger charge is -2.10. The van der Waals surface area contributed by atoms with Crippen LogP contribution in [0.4, 0.5) is 5.69 Å². The van der Waals surface area contributed by atoms with Crippen LogP contribution in [0.2, 0.25) is 0 Å². The van der Waals surface area contributed by atoms with Gasteiger partial charge in [-0.1, -0.05) is 54.6 Å². The predicted molar refractivity (Wildman–Crippen MR) is 104 cm³/mol. The van der Waals surface area contributed by atoms with E-state index in [2.05, 4.69) is 15.5 Å². The van der Waals surface area contributed by atoms with Gasteiger partial charge in [0.1, 0.15) is 0 Å². The molecule has 0 atom stereocenters. The Balaban J connectivity index is 1.78.